The van der Waals surface area contributed by atoms with Crippen LogP contribution in [-0.2, 0) is 5.41 Å². The van der Waals surface area contributed by atoms with Gasteiger partial charge in [0.1, 0.15) is 0 Å². The summed E-state index contributed by atoms with van der Waals surface area (Å²) in [6.07, 6.45) is 2.27. The lowest BCUT2D eigenvalue weighted by atomic mass is 9.69. The number of likely N-dealkylation sites (N-methyl/N-ethyl adjacent to an activating group) is 1. The normalized spacial score (nSPS) is 13.4. The van der Waals surface area contributed by atoms with Crippen molar-refractivity contribution in [2.45, 2.75) is 38.1 Å². The van der Waals surface area contributed by atoms with E-state index in [2.05, 4.69) is 74.1 Å². The zero-order valence-corrected chi connectivity index (χ0v) is 12.8. The molecule has 0 amide bonds. The molecule has 1 N–H and O–H groups in total. The van der Waals surface area contributed by atoms with E-state index in [1.165, 1.54) is 10.4 Å². The Bertz CT molecular complexity index is 471. The van der Waals surface area contributed by atoms with Crippen molar-refractivity contribution in [2.24, 2.45) is 0 Å². The van der Waals surface area contributed by atoms with Crippen LogP contribution < -0.4 is 5.32 Å². The Kier molecular flexibility index (Phi) is 4.78. The molecule has 0 aliphatic heterocycles. The van der Waals surface area contributed by atoms with Gasteiger partial charge in [0.25, 0.3) is 0 Å². The van der Waals surface area contributed by atoms with Gasteiger partial charge in [0.15, 0.2) is 0 Å². The first-order valence-electron chi connectivity index (χ1n) is 7.04. The van der Waals surface area contributed by atoms with Crippen LogP contribution in [0.4, 0.5) is 0 Å². The van der Waals surface area contributed by atoms with E-state index in [1.807, 2.05) is 11.3 Å². The van der Waals surface area contributed by atoms with Crippen LogP contribution in [0.5, 0.6) is 0 Å². The minimum absolute atomic E-state index is 0.168. The Balaban J connectivity index is 2.49. The van der Waals surface area contributed by atoms with E-state index >= 15 is 0 Å². The molecule has 2 aromatic rings. The fourth-order valence-electron chi connectivity index (χ4n) is 3.15. The van der Waals surface area contributed by atoms with Gasteiger partial charge in [-0.3, -0.25) is 0 Å². The molecular formula is C17H23NS. The van der Waals surface area contributed by atoms with Gasteiger partial charge in [-0.25, -0.2) is 0 Å². The Morgan fingerprint density at radius 3 is 2.21 bits per heavy atom. The molecule has 2 heteroatoms. The maximum atomic E-state index is 3.56. The third kappa shape index (κ3) is 2.60. The van der Waals surface area contributed by atoms with Gasteiger partial charge in [0.05, 0.1) is 6.04 Å². The molecule has 2 rings (SSSR count). The highest BCUT2D eigenvalue weighted by molar-refractivity contribution is 7.10. The molecule has 1 aromatic carbocycles. The van der Waals surface area contributed by atoms with Crippen LogP contribution in [0.1, 0.15) is 43.2 Å². The summed E-state index contributed by atoms with van der Waals surface area (Å²) in [6.45, 7) is 4.60. The average molecular weight is 273 g/mol. The third-order valence-electron chi connectivity index (χ3n) is 4.28. The summed E-state index contributed by atoms with van der Waals surface area (Å²) in [7, 11) is 2.08. The molecular weight excluding hydrogens is 250 g/mol. The molecule has 1 heterocycles. The second-order valence-electron chi connectivity index (χ2n) is 4.97. The van der Waals surface area contributed by atoms with Crippen LogP contribution in [0.3, 0.4) is 0 Å². The van der Waals surface area contributed by atoms with Crippen LogP contribution >= 0.6 is 11.3 Å². The SMILES string of the molecule is CCC(CC)(c1ccccc1)C(NC)c1cccs1. The first kappa shape index (κ1) is 14.3. The van der Waals surface area contributed by atoms with Crippen molar-refractivity contribution in [1.29, 1.82) is 0 Å². The first-order chi connectivity index (χ1) is 9.28. The Hall–Kier alpha value is -1.12. The predicted octanol–water partition coefficient (Wildman–Crippen LogP) is 4.77. The molecule has 1 unspecified atom stereocenters. The standard InChI is InChI=1S/C17H23NS/c1-4-17(5-2,14-10-7-6-8-11-14)16(18-3)15-12-9-13-19-15/h6-13,16,18H,4-5H2,1-3H3. The molecule has 0 saturated heterocycles. The smallest absolute Gasteiger partial charge is 0.0510 e. The maximum absolute atomic E-state index is 3.56. The fraction of sp³-hybridized carbons (Fsp3) is 0.412. The van der Waals surface area contributed by atoms with Crippen molar-refractivity contribution in [3.63, 3.8) is 0 Å². The quantitative estimate of drug-likeness (QED) is 0.799. The third-order valence-corrected chi connectivity index (χ3v) is 5.22. The van der Waals surface area contributed by atoms with Crippen LogP contribution in [0.15, 0.2) is 47.8 Å². The minimum atomic E-state index is 0.168. The zero-order chi connectivity index (χ0) is 13.7. The van der Waals surface area contributed by atoms with Crippen LogP contribution in [0.25, 0.3) is 0 Å². The molecule has 0 radical (unpaired) electrons. The molecule has 1 atom stereocenters. The summed E-state index contributed by atoms with van der Waals surface area (Å²) in [4.78, 5) is 1.43. The summed E-state index contributed by atoms with van der Waals surface area (Å²) in [5.74, 6) is 0. The summed E-state index contributed by atoms with van der Waals surface area (Å²) in [5.41, 5.74) is 1.61. The number of benzene rings is 1. The van der Waals surface area contributed by atoms with E-state index in [-0.39, 0.29) is 5.41 Å². The maximum Gasteiger partial charge on any atom is 0.0510 e. The van der Waals surface area contributed by atoms with E-state index in [9.17, 15) is 0 Å². The van der Waals surface area contributed by atoms with Crippen molar-refractivity contribution in [1.82, 2.24) is 5.32 Å². The van der Waals surface area contributed by atoms with Crippen molar-refractivity contribution in [2.75, 3.05) is 7.05 Å². The largest absolute Gasteiger partial charge is 0.312 e. The topological polar surface area (TPSA) is 12.0 Å². The molecule has 0 aliphatic rings. The number of hydrogen-bond acceptors (Lipinski definition) is 2. The highest BCUT2D eigenvalue weighted by Crippen LogP contribution is 2.44. The van der Waals surface area contributed by atoms with E-state index in [1.54, 1.807) is 0 Å². The van der Waals surface area contributed by atoms with E-state index < -0.39 is 0 Å². The average Bonchev–Trinajstić information content (AvgIpc) is 2.99. The lowest BCUT2D eigenvalue weighted by molar-refractivity contribution is 0.290. The van der Waals surface area contributed by atoms with E-state index in [4.69, 9.17) is 0 Å². The molecule has 1 nitrogen and oxygen atoms in total. The first-order valence-corrected chi connectivity index (χ1v) is 7.92. The molecule has 19 heavy (non-hydrogen) atoms. The Labute approximate surface area is 120 Å². The van der Waals surface area contributed by atoms with Gasteiger partial charge in [0, 0.05) is 10.3 Å². The monoisotopic (exact) mass is 273 g/mol. The van der Waals surface area contributed by atoms with Crippen LogP contribution in [0, 0.1) is 0 Å². The summed E-state index contributed by atoms with van der Waals surface area (Å²) >= 11 is 1.85. The summed E-state index contributed by atoms with van der Waals surface area (Å²) in [6, 6.07) is 15.7. The van der Waals surface area contributed by atoms with Gasteiger partial charge >= 0.3 is 0 Å². The highest BCUT2D eigenvalue weighted by Gasteiger charge is 2.37. The van der Waals surface area contributed by atoms with E-state index in [0.717, 1.165) is 12.8 Å². The lowest BCUT2D eigenvalue weighted by Gasteiger charge is -2.40. The number of rotatable bonds is 6. The van der Waals surface area contributed by atoms with Crippen molar-refractivity contribution < 1.29 is 0 Å². The van der Waals surface area contributed by atoms with Crippen molar-refractivity contribution in [3.05, 3.63) is 58.3 Å². The molecule has 0 fully saturated rings. The van der Waals surface area contributed by atoms with Crippen LogP contribution in [0.2, 0.25) is 0 Å². The predicted molar refractivity (Wildman–Crippen MR) is 84.8 cm³/mol. The zero-order valence-electron chi connectivity index (χ0n) is 12.0. The Morgan fingerprint density at radius 1 is 1.05 bits per heavy atom. The highest BCUT2D eigenvalue weighted by atomic mass is 32.1. The minimum Gasteiger partial charge on any atom is -0.312 e. The molecule has 0 spiro atoms. The van der Waals surface area contributed by atoms with Gasteiger partial charge in [-0.2, -0.15) is 0 Å². The van der Waals surface area contributed by atoms with Crippen LogP contribution in [-0.4, -0.2) is 7.05 Å². The Morgan fingerprint density at radius 2 is 1.74 bits per heavy atom. The van der Waals surface area contributed by atoms with Gasteiger partial charge in [-0.15, -0.1) is 11.3 Å². The van der Waals surface area contributed by atoms with Gasteiger partial charge in [-0.1, -0.05) is 50.2 Å². The molecule has 0 bridgehead atoms. The molecule has 1 aromatic heterocycles. The van der Waals surface area contributed by atoms with Gasteiger partial charge in [0.2, 0.25) is 0 Å². The van der Waals surface area contributed by atoms with Crippen molar-refractivity contribution >= 4 is 11.3 Å². The number of hydrogen-bond donors (Lipinski definition) is 1. The second kappa shape index (κ2) is 6.36. The molecule has 0 aliphatic carbocycles. The number of thiophene rings is 1. The van der Waals surface area contributed by atoms with E-state index in [0.29, 0.717) is 6.04 Å². The second-order valence-corrected chi connectivity index (χ2v) is 5.95. The van der Waals surface area contributed by atoms with Crippen molar-refractivity contribution in [3.8, 4) is 0 Å². The summed E-state index contributed by atoms with van der Waals surface area (Å²) in [5, 5.41) is 5.72. The number of nitrogens with one attached hydrogen (secondary N) is 1. The van der Waals surface area contributed by atoms with Gasteiger partial charge < -0.3 is 5.32 Å². The summed E-state index contributed by atoms with van der Waals surface area (Å²) < 4.78 is 0. The van der Waals surface area contributed by atoms with Gasteiger partial charge in [-0.05, 0) is 36.9 Å². The molecule has 102 valence electrons. The molecule has 0 saturated carbocycles. The fourth-order valence-corrected chi connectivity index (χ4v) is 4.10. The lowest BCUT2D eigenvalue weighted by Crippen LogP contribution is -2.39.